The Morgan fingerprint density at radius 2 is 1.71 bits per heavy atom. The molecule has 8 heteroatoms. The van der Waals surface area contributed by atoms with Crippen molar-refractivity contribution in [1.29, 1.82) is 0 Å². The van der Waals surface area contributed by atoms with Crippen molar-refractivity contribution in [1.82, 2.24) is 5.32 Å². The fraction of sp³-hybridized carbons (Fsp3) is 0.348. The highest BCUT2D eigenvalue weighted by molar-refractivity contribution is 7.92. The van der Waals surface area contributed by atoms with Gasteiger partial charge in [-0.1, -0.05) is 37.3 Å². The molecule has 3 aromatic rings. The van der Waals surface area contributed by atoms with Crippen LogP contribution in [0.5, 0.6) is 0 Å². The second-order valence-electron chi connectivity index (χ2n) is 7.92. The summed E-state index contributed by atoms with van der Waals surface area (Å²) in [5.41, 5.74) is 0.538. The Bertz CT molecular complexity index is 1180. The normalized spacial score (nSPS) is 15.5. The molecule has 4 rings (SSSR count). The van der Waals surface area contributed by atoms with E-state index in [1.165, 1.54) is 47.7 Å². The topological polar surface area (TPSA) is 66.5 Å². The van der Waals surface area contributed by atoms with E-state index in [0.717, 1.165) is 35.8 Å². The first-order valence-corrected chi connectivity index (χ1v) is 13.1. The summed E-state index contributed by atoms with van der Waals surface area (Å²) in [4.78, 5) is 13.6. The van der Waals surface area contributed by atoms with Crippen molar-refractivity contribution in [2.45, 2.75) is 49.5 Å². The standard InChI is InChI=1S/C23H25ClN2O3S2/c1-26(31(28,29)20-11-8-17(24)9-12-20)19-10-13-21-16(14-19)15-22(30-21)23(27)25-18-6-4-2-3-5-7-18/h8-15,18H,2-7H2,1H3,(H,25,27). The molecule has 0 bridgehead atoms. The second kappa shape index (κ2) is 9.18. The lowest BCUT2D eigenvalue weighted by Gasteiger charge is -2.19. The number of hydrogen-bond acceptors (Lipinski definition) is 4. The SMILES string of the molecule is CN(c1ccc2sc(C(=O)NC3CCCCCC3)cc2c1)S(=O)(=O)c1ccc(Cl)cc1. The molecule has 1 aromatic heterocycles. The highest BCUT2D eigenvalue weighted by atomic mass is 35.5. The Hall–Kier alpha value is -2.09. The van der Waals surface area contributed by atoms with Crippen molar-refractivity contribution in [3.63, 3.8) is 0 Å². The smallest absolute Gasteiger partial charge is 0.264 e. The predicted octanol–water partition coefficient (Wildman–Crippen LogP) is 5.83. The van der Waals surface area contributed by atoms with Gasteiger partial charge in [-0.15, -0.1) is 11.3 Å². The summed E-state index contributed by atoms with van der Waals surface area (Å²) in [5.74, 6) is -0.0446. The van der Waals surface area contributed by atoms with Crippen molar-refractivity contribution in [2.24, 2.45) is 0 Å². The Morgan fingerprint density at radius 3 is 2.39 bits per heavy atom. The Balaban J connectivity index is 1.55. The number of halogens is 1. The van der Waals surface area contributed by atoms with E-state index in [1.807, 2.05) is 18.2 Å². The van der Waals surface area contributed by atoms with E-state index in [0.29, 0.717) is 15.6 Å². The molecule has 1 fully saturated rings. The predicted molar refractivity (Wildman–Crippen MR) is 128 cm³/mol. The zero-order valence-electron chi connectivity index (χ0n) is 17.3. The third-order valence-electron chi connectivity index (χ3n) is 5.75. The van der Waals surface area contributed by atoms with Crippen molar-refractivity contribution < 1.29 is 13.2 Å². The largest absolute Gasteiger partial charge is 0.349 e. The van der Waals surface area contributed by atoms with E-state index in [2.05, 4.69) is 5.32 Å². The van der Waals surface area contributed by atoms with Crippen molar-refractivity contribution in [2.75, 3.05) is 11.4 Å². The van der Waals surface area contributed by atoms with Gasteiger partial charge in [-0.2, -0.15) is 0 Å². The average Bonchev–Trinajstić information content (AvgIpc) is 3.02. The minimum atomic E-state index is -3.71. The number of rotatable bonds is 5. The molecule has 2 aromatic carbocycles. The first-order chi connectivity index (χ1) is 14.8. The van der Waals surface area contributed by atoms with Crippen LogP contribution < -0.4 is 9.62 Å². The molecule has 164 valence electrons. The van der Waals surface area contributed by atoms with E-state index in [4.69, 9.17) is 11.6 Å². The van der Waals surface area contributed by atoms with Crippen LogP contribution in [0, 0.1) is 0 Å². The Morgan fingerprint density at radius 1 is 1.03 bits per heavy atom. The van der Waals surface area contributed by atoms with Crippen LogP contribution in [0.25, 0.3) is 10.1 Å². The fourth-order valence-corrected chi connectivity index (χ4v) is 6.18. The van der Waals surface area contributed by atoms with Crippen LogP contribution in [0.2, 0.25) is 5.02 Å². The summed E-state index contributed by atoms with van der Waals surface area (Å²) in [6.07, 6.45) is 6.88. The van der Waals surface area contributed by atoms with Gasteiger partial charge in [0.1, 0.15) is 0 Å². The molecule has 31 heavy (non-hydrogen) atoms. The third kappa shape index (κ3) is 4.89. The molecule has 1 aliphatic rings. The van der Waals surface area contributed by atoms with Gasteiger partial charge in [0, 0.05) is 22.8 Å². The van der Waals surface area contributed by atoms with Crippen LogP contribution in [-0.4, -0.2) is 27.4 Å². The summed E-state index contributed by atoms with van der Waals surface area (Å²) >= 11 is 7.31. The zero-order valence-corrected chi connectivity index (χ0v) is 19.7. The summed E-state index contributed by atoms with van der Waals surface area (Å²) in [5, 5.41) is 4.51. The molecule has 1 aliphatic carbocycles. The fourth-order valence-electron chi connectivity index (χ4n) is 3.92. The molecular weight excluding hydrogens is 452 g/mol. The monoisotopic (exact) mass is 476 g/mol. The first kappa shape index (κ1) is 22.1. The van der Waals surface area contributed by atoms with Crippen molar-refractivity contribution in [3.05, 3.63) is 58.4 Å². The molecule has 1 amide bonds. The Labute approximate surface area is 192 Å². The number of sulfonamides is 1. The highest BCUT2D eigenvalue weighted by Gasteiger charge is 2.22. The van der Waals surface area contributed by atoms with Gasteiger partial charge in [0.2, 0.25) is 0 Å². The number of carbonyl (C=O) groups excluding carboxylic acids is 1. The lowest BCUT2D eigenvalue weighted by Crippen LogP contribution is -2.33. The van der Waals surface area contributed by atoms with Gasteiger partial charge < -0.3 is 5.32 Å². The van der Waals surface area contributed by atoms with E-state index < -0.39 is 10.0 Å². The second-order valence-corrected chi connectivity index (χ2v) is 11.4. The lowest BCUT2D eigenvalue weighted by molar-refractivity contribution is 0.0937. The summed E-state index contributed by atoms with van der Waals surface area (Å²) in [6.45, 7) is 0. The van der Waals surface area contributed by atoms with Crippen LogP contribution in [0.1, 0.15) is 48.2 Å². The maximum atomic E-state index is 13.0. The van der Waals surface area contributed by atoms with Crippen LogP contribution in [0.15, 0.2) is 53.4 Å². The first-order valence-electron chi connectivity index (χ1n) is 10.4. The molecule has 0 atom stereocenters. The Kier molecular flexibility index (Phi) is 6.55. The number of nitrogens with one attached hydrogen (secondary N) is 1. The van der Waals surface area contributed by atoms with E-state index >= 15 is 0 Å². The summed E-state index contributed by atoms with van der Waals surface area (Å²) < 4.78 is 28.1. The number of amides is 1. The number of thiophene rings is 1. The van der Waals surface area contributed by atoms with Crippen molar-refractivity contribution >= 4 is 54.6 Å². The molecule has 1 N–H and O–H groups in total. The minimum Gasteiger partial charge on any atom is -0.349 e. The molecule has 0 radical (unpaired) electrons. The average molecular weight is 477 g/mol. The number of benzene rings is 2. The maximum absolute atomic E-state index is 13.0. The third-order valence-corrected chi connectivity index (χ3v) is 8.92. The van der Waals surface area contributed by atoms with Crippen LogP contribution in [-0.2, 0) is 10.0 Å². The number of carbonyl (C=O) groups is 1. The molecule has 0 saturated heterocycles. The van der Waals surface area contributed by atoms with Gasteiger partial charge in [-0.05, 0) is 66.8 Å². The van der Waals surface area contributed by atoms with Gasteiger partial charge in [0.15, 0.2) is 0 Å². The van der Waals surface area contributed by atoms with E-state index in [1.54, 1.807) is 18.2 Å². The minimum absolute atomic E-state index is 0.0446. The summed E-state index contributed by atoms with van der Waals surface area (Å²) in [6, 6.07) is 13.6. The highest BCUT2D eigenvalue weighted by Crippen LogP contribution is 2.31. The molecule has 1 heterocycles. The molecule has 0 spiro atoms. The quantitative estimate of drug-likeness (QED) is 0.471. The molecule has 0 aliphatic heterocycles. The van der Waals surface area contributed by atoms with Crippen LogP contribution in [0.4, 0.5) is 5.69 Å². The van der Waals surface area contributed by atoms with Crippen LogP contribution in [0.3, 0.4) is 0 Å². The van der Waals surface area contributed by atoms with Gasteiger partial charge in [-0.25, -0.2) is 8.42 Å². The molecular formula is C23H25ClN2O3S2. The lowest BCUT2D eigenvalue weighted by atomic mass is 10.1. The van der Waals surface area contributed by atoms with Crippen molar-refractivity contribution in [3.8, 4) is 0 Å². The number of anilines is 1. The van der Waals surface area contributed by atoms with E-state index in [-0.39, 0.29) is 16.8 Å². The number of fused-ring (bicyclic) bond motifs is 1. The molecule has 0 unspecified atom stereocenters. The van der Waals surface area contributed by atoms with Gasteiger partial charge in [-0.3, -0.25) is 9.10 Å². The summed E-state index contributed by atoms with van der Waals surface area (Å²) in [7, 11) is -2.19. The van der Waals surface area contributed by atoms with E-state index in [9.17, 15) is 13.2 Å². The van der Waals surface area contributed by atoms with Gasteiger partial charge >= 0.3 is 0 Å². The molecule has 5 nitrogen and oxygen atoms in total. The maximum Gasteiger partial charge on any atom is 0.264 e. The van der Waals surface area contributed by atoms with Crippen LogP contribution >= 0.6 is 22.9 Å². The number of nitrogens with zero attached hydrogens (tertiary/aromatic N) is 1. The van der Waals surface area contributed by atoms with Gasteiger partial charge in [0.25, 0.3) is 15.9 Å². The molecule has 1 saturated carbocycles. The zero-order chi connectivity index (χ0) is 22.0. The van der Waals surface area contributed by atoms with Gasteiger partial charge in [0.05, 0.1) is 15.5 Å². The number of hydrogen-bond donors (Lipinski definition) is 1.